The minimum Gasteiger partial charge on any atom is -0.488 e. The van der Waals surface area contributed by atoms with Gasteiger partial charge in [-0.15, -0.1) is 11.8 Å². The van der Waals surface area contributed by atoms with E-state index in [1.807, 2.05) is 18.2 Å². The maximum absolute atomic E-state index is 5.93. The zero-order valence-corrected chi connectivity index (χ0v) is 12.3. The molecule has 0 aliphatic carbocycles. The normalized spacial score (nSPS) is 12.4. The first-order chi connectivity index (χ1) is 8.77. The summed E-state index contributed by atoms with van der Waals surface area (Å²) in [5.41, 5.74) is 0. The third kappa shape index (κ3) is 5.76. The zero-order chi connectivity index (χ0) is 13.2. The molecule has 102 valence electrons. The fourth-order valence-electron chi connectivity index (χ4n) is 1.62. The van der Waals surface area contributed by atoms with Crippen LogP contribution in [0, 0.1) is 0 Å². The predicted molar refractivity (Wildman–Crippen MR) is 77.7 cm³/mol. The van der Waals surface area contributed by atoms with E-state index in [0.717, 1.165) is 31.9 Å². The summed E-state index contributed by atoms with van der Waals surface area (Å²) in [5, 5.41) is 3.37. The Morgan fingerprint density at radius 2 is 2.11 bits per heavy atom. The molecule has 0 aromatic heterocycles. The van der Waals surface area contributed by atoms with Crippen LogP contribution < -0.4 is 10.1 Å². The summed E-state index contributed by atoms with van der Waals surface area (Å²) in [6, 6.07) is 8.14. The van der Waals surface area contributed by atoms with Gasteiger partial charge < -0.3 is 14.8 Å². The summed E-state index contributed by atoms with van der Waals surface area (Å²) in [7, 11) is 1.73. The summed E-state index contributed by atoms with van der Waals surface area (Å²) >= 11 is 1.71. The molecule has 4 heteroatoms. The first-order valence-corrected chi connectivity index (χ1v) is 7.49. The van der Waals surface area contributed by atoms with Crippen molar-refractivity contribution in [3.63, 3.8) is 0 Å². The lowest BCUT2D eigenvalue weighted by atomic mass is 10.3. The SMILES string of the molecule is COCCCNCC(C)Oc1ccccc1SC. The molecule has 1 unspecified atom stereocenters. The van der Waals surface area contributed by atoms with Gasteiger partial charge >= 0.3 is 0 Å². The van der Waals surface area contributed by atoms with E-state index in [-0.39, 0.29) is 6.10 Å². The number of methoxy groups -OCH3 is 1. The first-order valence-electron chi connectivity index (χ1n) is 6.27. The van der Waals surface area contributed by atoms with Crippen molar-refractivity contribution in [2.24, 2.45) is 0 Å². The van der Waals surface area contributed by atoms with Gasteiger partial charge in [-0.2, -0.15) is 0 Å². The zero-order valence-electron chi connectivity index (χ0n) is 11.4. The van der Waals surface area contributed by atoms with E-state index in [1.165, 1.54) is 4.90 Å². The monoisotopic (exact) mass is 269 g/mol. The summed E-state index contributed by atoms with van der Waals surface area (Å²) < 4.78 is 10.9. The van der Waals surface area contributed by atoms with Crippen LogP contribution in [0.25, 0.3) is 0 Å². The van der Waals surface area contributed by atoms with Crippen molar-refractivity contribution in [1.29, 1.82) is 0 Å². The Hall–Kier alpha value is -0.710. The standard InChI is InChI=1S/C14H23NO2S/c1-12(11-15-9-6-10-16-2)17-13-7-4-5-8-14(13)18-3/h4-5,7-8,12,15H,6,9-11H2,1-3H3. The maximum atomic E-state index is 5.93. The molecule has 18 heavy (non-hydrogen) atoms. The van der Waals surface area contributed by atoms with Crippen LogP contribution >= 0.6 is 11.8 Å². The number of ether oxygens (including phenoxy) is 2. The van der Waals surface area contributed by atoms with Gasteiger partial charge in [0.25, 0.3) is 0 Å². The second kappa shape index (κ2) is 9.25. The van der Waals surface area contributed by atoms with Crippen molar-refractivity contribution < 1.29 is 9.47 Å². The van der Waals surface area contributed by atoms with Gasteiger partial charge in [-0.25, -0.2) is 0 Å². The number of nitrogens with one attached hydrogen (secondary N) is 1. The summed E-state index contributed by atoms with van der Waals surface area (Å²) in [6.45, 7) is 4.70. The Balaban J connectivity index is 2.28. The van der Waals surface area contributed by atoms with Crippen molar-refractivity contribution in [2.45, 2.75) is 24.3 Å². The average molecular weight is 269 g/mol. The summed E-state index contributed by atoms with van der Waals surface area (Å²) in [5.74, 6) is 0.969. The van der Waals surface area contributed by atoms with Gasteiger partial charge in [0, 0.05) is 25.2 Å². The molecule has 0 radical (unpaired) electrons. The lowest BCUT2D eigenvalue weighted by Gasteiger charge is -2.17. The number of hydrogen-bond donors (Lipinski definition) is 1. The van der Waals surface area contributed by atoms with Gasteiger partial charge in [-0.1, -0.05) is 12.1 Å². The molecule has 0 bridgehead atoms. The number of thioether (sulfide) groups is 1. The molecule has 1 atom stereocenters. The average Bonchev–Trinajstić information content (AvgIpc) is 2.39. The fourth-order valence-corrected chi connectivity index (χ4v) is 2.15. The van der Waals surface area contributed by atoms with Gasteiger partial charge in [0.1, 0.15) is 11.9 Å². The van der Waals surface area contributed by atoms with Crippen LogP contribution in [-0.2, 0) is 4.74 Å². The van der Waals surface area contributed by atoms with Crippen LogP contribution in [0.15, 0.2) is 29.2 Å². The molecule has 0 spiro atoms. The number of hydrogen-bond acceptors (Lipinski definition) is 4. The molecule has 3 nitrogen and oxygen atoms in total. The highest BCUT2D eigenvalue weighted by atomic mass is 32.2. The van der Waals surface area contributed by atoms with Gasteiger partial charge in [0.2, 0.25) is 0 Å². The van der Waals surface area contributed by atoms with Crippen molar-refractivity contribution in [1.82, 2.24) is 5.32 Å². The molecule has 0 heterocycles. The quantitative estimate of drug-likeness (QED) is 0.551. The molecular formula is C14H23NO2S. The van der Waals surface area contributed by atoms with Crippen LogP contribution in [0.3, 0.4) is 0 Å². The van der Waals surface area contributed by atoms with E-state index >= 15 is 0 Å². The van der Waals surface area contributed by atoms with Gasteiger partial charge in [-0.3, -0.25) is 0 Å². The highest BCUT2D eigenvalue weighted by molar-refractivity contribution is 7.98. The molecule has 0 aliphatic rings. The smallest absolute Gasteiger partial charge is 0.133 e. The van der Waals surface area contributed by atoms with Crippen LogP contribution in [-0.4, -0.2) is 39.2 Å². The Kier molecular flexibility index (Phi) is 7.89. The van der Waals surface area contributed by atoms with Gasteiger partial charge in [0.05, 0.1) is 0 Å². The second-order valence-electron chi connectivity index (χ2n) is 4.13. The topological polar surface area (TPSA) is 30.5 Å². The van der Waals surface area contributed by atoms with E-state index in [1.54, 1.807) is 18.9 Å². The van der Waals surface area contributed by atoms with Crippen LogP contribution in [0.4, 0.5) is 0 Å². The second-order valence-corrected chi connectivity index (χ2v) is 4.98. The molecular weight excluding hydrogens is 246 g/mol. The van der Waals surface area contributed by atoms with Gasteiger partial charge in [0.15, 0.2) is 0 Å². The molecule has 0 aliphatic heterocycles. The van der Waals surface area contributed by atoms with Crippen molar-refractivity contribution in [3.8, 4) is 5.75 Å². The van der Waals surface area contributed by atoms with Crippen LogP contribution in [0.2, 0.25) is 0 Å². The third-order valence-corrected chi connectivity index (χ3v) is 3.31. The van der Waals surface area contributed by atoms with Crippen molar-refractivity contribution in [2.75, 3.05) is 33.1 Å². The van der Waals surface area contributed by atoms with E-state index < -0.39 is 0 Å². The predicted octanol–water partition coefficient (Wildman–Crippen LogP) is 2.80. The Labute approximate surface area is 114 Å². The minimum absolute atomic E-state index is 0.167. The lowest BCUT2D eigenvalue weighted by Crippen LogP contribution is -2.30. The Morgan fingerprint density at radius 3 is 2.83 bits per heavy atom. The highest BCUT2D eigenvalue weighted by Gasteiger charge is 2.06. The molecule has 0 saturated heterocycles. The molecule has 0 amide bonds. The fraction of sp³-hybridized carbons (Fsp3) is 0.571. The van der Waals surface area contributed by atoms with Crippen molar-refractivity contribution in [3.05, 3.63) is 24.3 Å². The first kappa shape index (κ1) is 15.3. The third-order valence-electron chi connectivity index (χ3n) is 2.53. The number of para-hydroxylation sites is 1. The molecule has 1 aromatic rings. The lowest BCUT2D eigenvalue weighted by molar-refractivity contribution is 0.187. The Morgan fingerprint density at radius 1 is 1.33 bits per heavy atom. The molecule has 0 fully saturated rings. The summed E-state index contributed by atoms with van der Waals surface area (Å²) in [4.78, 5) is 1.18. The highest BCUT2D eigenvalue weighted by Crippen LogP contribution is 2.27. The molecule has 1 aromatic carbocycles. The largest absolute Gasteiger partial charge is 0.488 e. The van der Waals surface area contributed by atoms with E-state index in [4.69, 9.17) is 9.47 Å². The van der Waals surface area contributed by atoms with Gasteiger partial charge in [-0.05, 0) is 38.3 Å². The molecule has 1 rings (SSSR count). The Bertz CT molecular complexity index is 333. The van der Waals surface area contributed by atoms with Crippen LogP contribution in [0.1, 0.15) is 13.3 Å². The number of rotatable bonds is 9. The van der Waals surface area contributed by atoms with E-state index in [2.05, 4.69) is 24.6 Å². The van der Waals surface area contributed by atoms with Crippen molar-refractivity contribution >= 4 is 11.8 Å². The minimum atomic E-state index is 0.167. The molecule has 0 saturated carbocycles. The van der Waals surface area contributed by atoms with E-state index in [0.29, 0.717) is 0 Å². The molecule has 1 N–H and O–H groups in total. The van der Waals surface area contributed by atoms with Crippen LogP contribution in [0.5, 0.6) is 5.75 Å². The summed E-state index contributed by atoms with van der Waals surface area (Å²) in [6.07, 6.45) is 3.27. The van der Waals surface area contributed by atoms with E-state index in [9.17, 15) is 0 Å². The number of benzene rings is 1. The maximum Gasteiger partial charge on any atom is 0.133 e.